The first-order valence-electron chi connectivity index (χ1n) is 9.81. The Morgan fingerprint density at radius 3 is 2.83 bits per heavy atom. The molecule has 0 bridgehead atoms. The lowest BCUT2D eigenvalue weighted by atomic mass is 10.2. The molecule has 9 heteroatoms. The van der Waals surface area contributed by atoms with Crippen molar-refractivity contribution in [3.05, 3.63) is 48.2 Å². The highest BCUT2D eigenvalue weighted by molar-refractivity contribution is 7.99. The van der Waals surface area contributed by atoms with Gasteiger partial charge in [-0.3, -0.25) is 4.79 Å². The molecule has 1 amide bonds. The number of fused-ring (bicyclic) bond motifs is 1. The summed E-state index contributed by atoms with van der Waals surface area (Å²) < 4.78 is 6.90. The first kappa shape index (κ1) is 21.8. The number of benzene rings is 1. The molecule has 2 heterocycles. The van der Waals surface area contributed by atoms with Crippen LogP contribution in [-0.4, -0.2) is 58.2 Å². The van der Waals surface area contributed by atoms with E-state index < -0.39 is 0 Å². The number of aromatic nitrogens is 4. The third kappa shape index (κ3) is 6.04. The number of hydrogen-bond donors (Lipinski definition) is 2. The first-order chi connectivity index (χ1) is 14.7. The third-order valence-electron chi connectivity index (χ3n) is 4.20. The molecule has 0 unspecified atom stereocenters. The van der Waals surface area contributed by atoms with Crippen molar-refractivity contribution in [2.45, 2.75) is 18.6 Å². The number of hydrogen-bond acceptors (Lipinski definition) is 7. The van der Waals surface area contributed by atoms with Gasteiger partial charge in [0.25, 0.3) is 0 Å². The Hall–Kier alpha value is -2.91. The third-order valence-corrected chi connectivity index (χ3v) is 4.93. The fourth-order valence-electron chi connectivity index (χ4n) is 2.78. The van der Waals surface area contributed by atoms with Crippen molar-refractivity contribution in [1.29, 1.82) is 0 Å². The summed E-state index contributed by atoms with van der Waals surface area (Å²) in [6.45, 7) is 4.25. The Bertz CT molecular complexity index is 990. The number of carbonyl (C=O) groups is 1. The number of carbonyl (C=O) groups excluding carboxylic acids is 1. The van der Waals surface area contributed by atoms with Crippen LogP contribution in [0, 0.1) is 0 Å². The quantitative estimate of drug-likeness (QED) is 0.211. The number of anilines is 1. The van der Waals surface area contributed by atoms with Gasteiger partial charge in [0, 0.05) is 26.3 Å². The van der Waals surface area contributed by atoms with E-state index in [1.165, 1.54) is 6.08 Å². The van der Waals surface area contributed by atoms with Crippen molar-refractivity contribution >= 4 is 40.6 Å². The first-order valence-corrected chi connectivity index (χ1v) is 10.8. The van der Waals surface area contributed by atoms with Gasteiger partial charge >= 0.3 is 0 Å². The predicted molar refractivity (Wildman–Crippen MR) is 121 cm³/mol. The van der Waals surface area contributed by atoms with Crippen LogP contribution in [0.15, 0.2) is 47.8 Å². The highest BCUT2D eigenvalue weighted by atomic mass is 32.2. The minimum Gasteiger partial charge on any atom is -0.383 e. The second-order valence-corrected chi connectivity index (χ2v) is 7.58. The lowest BCUT2D eigenvalue weighted by Crippen LogP contribution is -2.25. The number of amides is 1. The number of thioether (sulfide) groups is 1. The summed E-state index contributed by atoms with van der Waals surface area (Å²) >= 11 is 1.58. The Kier molecular flexibility index (Phi) is 8.22. The molecule has 8 nitrogen and oxygen atoms in total. The van der Waals surface area contributed by atoms with Gasteiger partial charge in [-0.05, 0) is 17.4 Å². The van der Waals surface area contributed by atoms with Gasteiger partial charge in [0.05, 0.1) is 24.7 Å². The molecule has 0 aliphatic carbocycles. The van der Waals surface area contributed by atoms with Crippen LogP contribution in [0.4, 0.5) is 5.82 Å². The monoisotopic (exact) mass is 426 g/mol. The van der Waals surface area contributed by atoms with E-state index in [9.17, 15) is 4.79 Å². The van der Waals surface area contributed by atoms with Gasteiger partial charge in [0.15, 0.2) is 10.8 Å². The minimum absolute atomic E-state index is 0.144. The van der Waals surface area contributed by atoms with E-state index in [2.05, 4.69) is 32.6 Å². The van der Waals surface area contributed by atoms with E-state index in [0.29, 0.717) is 31.4 Å². The summed E-state index contributed by atoms with van der Waals surface area (Å²) in [5.74, 6) is 1.48. The predicted octanol–water partition coefficient (Wildman–Crippen LogP) is 2.83. The molecule has 0 atom stereocenters. The molecule has 30 heavy (non-hydrogen) atoms. The number of nitrogens with zero attached hydrogens (tertiary/aromatic N) is 4. The van der Waals surface area contributed by atoms with Crippen LogP contribution in [0.2, 0.25) is 0 Å². The molecule has 0 radical (unpaired) electrons. The molecular formula is C21H26N6O2S. The summed E-state index contributed by atoms with van der Waals surface area (Å²) in [4.78, 5) is 21.3. The summed E-state index contributed by atoms with van der Waals surface area (Å²) in [5.41, 5.74) is 1.73. The molecule has 0 saturated carbocycles. The summed E-state index contributed by atoms with van der Waals surface area (Å²) in [5, 5.41) is 12.2. The summed E-state index contributed by atoms with van der Waals surface area (Å²) in [6, 6.07) is 9.71. The lowest BCUT2D eigenvalue weighted by Gasteiger charge is -2.09. The zero-order chi connectivity index (χ0) is 21.2. The second-order valence-electron chi connectivity index (χ2n) is 6.35. The maximum atomic E-state index is 12.1. The van der Waals surface area contributed by atoms with Crippen LogP contribution in [0.25, 0.3) is 17.1 Å². The average Bonchev–Trinajstić information content (AvgIpc) is 3.16. The van der Waals surface area contributed by atoms with Gasteiger partial charge < -0.3 is 15.4 Å². The Labute approximate surface area is 180 Å². The molecule has 0 spiro atoms. The van der Waals surface area contributed by atoms with Gasteiger partial charge in [-0.2, -0.15) is 5.10 Å². The number of nitrogens with one attached hydrogen (secondary N) is 2. The lowest BCUT2D eigenvalue weighted by molar-refractivity contribution is -0.116. The fraction of sp³-hybridized carbons (Fsp3) is 0.333. The van der Waals surface area contributed by atoms with Gasteiger partial charge in [-0.1, -0.05) is 49.0 Å². The molecule has 0 fully saturated rings. The smallest absolute Gasteiger partial charge is 0.244 e. The highest BCUT2D eigenvalue weighted by Crippen LogP contribution is 2.24. The molecule has 0 saturated heterocycles. The largest absolute Gasteiger partial charge is 0.383 e. The van der Waals surface area contributed by atoms with Crippen molar-refractivity contribution in [1.82, 2.24) is 25.1 Å². The van der Waals surface area contributed by atoms with Crippen LogP contribution in [0.3, 0.4) is 0 Å². The second kappa shape index (κ2) is 11.3. The molecule has 2 N–H and O–H groups in total. The van der Waals surface area contributed by atoms with Crippen LogP contribution in [0.5, 0.6) is 0 Å². The number of ether oxygens (including phenoxy) is 1. The summed E-state index contributed by atoms with van der Waals surface area (Å²) in [7, 11) is 1.66. The van der Waals surface area contributed by atoms with E-state index in [4.69, 9.17) is 4.74 Å². The van der Waals surface area contributed by atoms with Gasteiger partial charge in [0.1, 0.15) is 5.82 Å². The molecular weight excluding hydrogens is 400 g/mol. The van der Waals surface area contributed by atoms with Crippen molar-refractivity contribution in [3.8, 4) is 0 Å². The van der Waals surface area contributed by atoms with E-state index in [1.807, 2.05) is 30.3 Å². The van der Waals surface area contributed by atoms with E-state index in [0.717, 1.165) is 28.2 Å². The number of rotatable bonds is 11. The molecule has 2 aromatic heterocycles. The molecule has 0 aliphatic heterocycles. The van der Waals surface area contributed by atoms with Crippen molar-refractivity contribution in [2.24, 2.45) is 0 Å². The Balaban J connectivity index is 1.65. The maximum Gasteiger partial charge on any atom is 0.244 e. The standard InChI is InChI=1S/C21H26N6O2S/c1-3-30-21-25-19(23-12-14-29-2)17-15-24-27(20(17)26-21)13-11-22-18(28)10-9-16-7-5-4-6-8-16/h4-10,15H,3,11-14H2,1-2H3,(H,22,28)(H,23,25,26)/b10-9-. The zero-order valence-corrected chi connectivity index (χ0v) is 18.0. The molecule has 158 valence electrons. The van der Waals surface area contributed by atoms with Crippen molar-refractivity contribution in [2.75, 3.05) is 37.9 Å². The summed E-state index contributed by atoms with van der Waals surface area (Å²) in [6.07, 6.45) is 5.08. The van der Waals surface area contributed by atoms with Crippen LogP contribution >= 0.6 is 11.8 Å². The van der Waals surface area contributed by atoms with Crippen LogP contribution in [0.1, 0.15) is 12.5 Å². The van der Waals surface area contributed by atoms with Crippen LogP contribution in [-0.2, 0) is 16.1 Å². The van der Waals surface area contributed by atoms with Crippen molar-refractivity contribution in [3.63, 3.8) is 0 Å². The van der Waals surface area contributed by atoms with Gasteiger partial charge in [0.2, 0.25) is 5.91 Å². The van der Waals surface area contributed by atoms with Crippen molar-refractivity contribution < 1.29 is 9.53 Å². The number of methoxy groups -OCH3 is 1. The van der Waals surface area contributed by atoms with Gasteiger partial charge in [-0.15, -0.1) is 0 Å². The molecule has 3 rings (SSSR count). The molecule has 0 aliphatic rings. The molecule has 1 aromatic carbocycles. The SMILES string of the molecule is CCSc1nc(NCCOC)c2cnn(CCNC(=O)/C=C\c3ccccc3)c2n1. The highest BCUT2D eigenvalue weighted by Gasteiger charge is 2.13. The van der Waals surface area contributed by atoms with Gasteiger partial charge in [-0.25, -0.2) is 14.6 Å². The zero-order valence-electron chi connectivity index (χ0n) is 17.2. The van der Waals surface area contributed by atoms with E-state index in [1.54, 1.807) is 35.8 Å². The fourth-order valence-corrected chi connectivity index (χ4v) is 3.34. The van der Waals surface area contributed by atoms with Crippen LogP contribution < -0.4 is 10.6 Å². The Morgan fingerprint density at radius 2 is 2.07 bits per heavy atom. The van der Waals surface area contributed by atoms with E-state index in [-0.39, 0.29) is 5.91 Å². The maximum absolute atomic E-state index is 12.1. The Morgan fingerprint density at radius 1 is 1.23 bits per heavy atom. The topological polar surface area (TPSA) is 94.0 Å². The van der Waals surface area contributed by atoms with E-state index >= 15 is 0 Å². The average molecular weight is 427 g/mol. The normalized spacial score (nSPS) is 11.3. The molecule has 3 aromatic rings. The minimum atomic E-state index is -0.144.